The highest BCUT2D eigenvalue weighted by Crippen LogP contribution is 2.17. The Labute approximate surface area is 100 Å². The Morgan fingerprint density at radius 3 is 3.12 bits per heavy atom. The van der Waals surface area contributed by atoms with Gasteiger partial charge in [0, 0.05) is 35.4 Å². The smallest absolute Gasteiger partial charge is 0.0715 e. The molecule has 0 saturated carbocycles. The van der Waals surface area contributed by atoms with Crippen molar-refractivity contribution in [3.05, 3.63) is 21.9 Å². The fourth-order valence-electron chi connectivity index (χ4n) is 1.95. The zero-order chi connectivity index (χ0) is 11.4. The molecule has 0 bridgehead atoms. The molecule has 0 amide bonds. The van der Waals surface area contributed by atoms with E-state index in [0.717, 1.165) is 19.6 Å². The average Bonchev–Trinajstić information content (AvgIpc) is 2.89. The van der Waals surface area contributed by atoms with Gasteiger partial charge in [-0.3, -0.25) is 0 Å². The molecule has 1 aliphatic rings. The van der Waals surface area contributed by atoms with Gasteiger partial charge in [-0.1, -0.05) is 0 Å². The van der Waals surface area contributed by atoms with Crippen LogP contribution >= 0.6 is 11.3 Å². The maximum Gasteiger partial charge on any atom is 0.0715 e. The number of aliphatic hydroxyl groups is 1. The quantitative estimate of drug-likeness (QED) is 0.821. The number of thiophene rings is 1. The van der Waals surface area contributed by atoms with Gasteiger partial charge in [-0.05, 0) is 25.5 Å². The summed E-state index contributed by atoms with van der Waals surface area (Å²) in [5.41, 5.74) is 0. The van der Waals surface area contributed by atoms with Gasteiger partial charge < -0.3 is 15.2 Å². The highest BCUT2D eigenvalue weighted by atomic mass is 32.1. The van der Waals surface area contributed by atoms with Crippen molar-refractivity contribution in [2.24, 2.45) is 5.92 Å². The zero-order valence-corrected chi connectivity index (χ0v) is 10.4. The zero-order valence-electron chi connectivity index (χ0n) is 9.61. The van der Waals surface area contributed by atoms with Crippen LogP contribution in [0.4, 0.5) is 0 Å². The molecule has 1 aromatic rings. The predicted octanol–water partition coefficient (Wildman–Crippen LogP) is 1.54. The minimum absolute atomic E-state index is 0.274. The largest absolute Gasteiger partial charge is 0.391 e. The lowest BCUT2D eigenvalue weighted by molar-refractivity contribution is 0.0907. The van der Waals surface area contributed by atoms with Gasteiger partial charge in [-0.15, -0.1) is 11.3 Å². The van der Waals surface area contributed by atoms with Gasteiger partial charge in [-0.2, -0.15) is 0 Å². The molecule has 0 aliphatic carbocycles. The Kier molecular flexibility index (Phi) is 4.35. The summed E-state index contributed by atoms with van der Waals surface area (Å²) in [4.78, 5) is 2.66. The van der Waals surface area contributed by atoms with Crippen LogP contribution in [0.3, 0.4) is 0 Å². The van der Waals surface area contributed by atoms with E-state index in [9.17, 15) is 5.11 Å². The van der Waals surface area contributed by atoms with E-state index in [2.05, 4.69) is 24.4 Å². The van der Waals surface area contributed by atoms with Gasteiger partial charge in [0.2, 0.25) is 0 Å². The molecule has 1 saturated heterocycles. The first-order chi connectivity index (χ1) is 7.75. The highest BCUT2D eigenvalue weighted by Gasteiger charge is 2.23. The molecule has 2 rings (SSSR count). The Morgan fingerprint density at radius 2 is 2.50 bits per heavy atom. The van der Waals surface area contributed by atoms with E-state index in [1.807, 2.05) is 0 Å². The first kappa shape index (κ1) is 12.0. The van der Waals surface area contributed by atoms with Crippen molar-refractivity contribution in [2.45, 2.75) is 26.0 Å². The summed E-state index contributed by atoms with van der Waals surface area (Å²) in [6.45, 7) is 5.12. The fourth-order valence-corrected chi connectivity index (χ4v) is 2.81. The second-order valence-corrected chi connectivity index (χ2v) is 5.71. The maximum absolute atomic E-state index is 9.89. The van der Waals surface area contributed by atoms with Crippen molar-refractivity contribution in [1.82, 2.24) is 5.32 Å². The predicted molar refractivity (Wildman–Crippen MR) is 65.7 cm³/mol. The molecule has 2 heterocycles. The lowest BCUT2D eigenvalue weighted by Gasteiger charge is -2.16. The van der Waals surface area contributed by atoms with E-state index >= 15 is 0 Å². The number of nitrogens with one attached hydrogen (secondary N) is 1. The topological polar surface area (TPSA) is 41.5 Å². The van der Waals surface area contributed by atoms with Crippen LogP contribution in [-0.2, 0) is 11.3 Å². The molecule has 2 atom stereocenters. The van der Waals surface area contributed by atoms with Crippen LogP contribution in [0.1, 0.15) is 16.2 Å². The molecule has 1 aromatic heterocycles. The summed E-state index contributed by atoms with van der Waals surface area (Å²) >= 11 is 1.80. The van der Waals surface area contributed by atoms with Gasteiger partial charge in [-0.25, -0.2) is 0 Å². The third-order valence-corrected chi connectivity index (χ3v) is 3.96. The number of hydrogen-bond acceptors (Lipinski definition) is 4. The summed E-state index contributed by atoms with van der Waals surface area (Å²) in [5, 5.41) is 13.2. The molecule has 2 unspecified atom stereocenters. The highest BCUT2D eigenvalue weighted by molar-refractivity contribution is 7.11. The monoisotopic (exact) mass is 241 g/mol. The van der Waals surface area contributed by atoms with E-state index in [-0.39, 0.29) is 6.10 Å². The summed E-state index contributed by atoms with van der Waals surface area (Å²) in [7, 11) is 0. The van der Waals surface area contributed by atoms with Crippen LogP contribution in [0, 0.1) is 12.8 Å². The average molecular weight is 241 g/mol. The van der Waals surface area contributed by atoms with Gasteiger partial charge in [0.1, 0.15) is 0 Å². The molecule has 0 aromatic carbocycles. The number of rotatable bonds is 5. The minimum atomic E-state index is -0.274. The molecular formula is C12H19NO2S. The van der Waals surface area contributed by atoms with Gasteiger partial charge >= 0.3 is 0 Å². The van der Waals surface area contributed by atoms with Crippen LogP contribution < -0.4 is 5.32 Å². The SMILES string of the molecule is Cc1ccc(CNCC(O)C2CCOC2)s1. The van der Waals surface area contributed by atoms with Gasteiger partial charge in [0.25, 0.3) is 0 Å². The summed E-state index contributed by atoms with van der Waals surface area (Å²) in [6, 6.07) is 4.26. The van der Waals surface area contributed by atoms with Crippen LogP contribution in [-0.4, -0.2) is 31.0 Å². The van der Waals surface area contributed by atoms with Crippen LogP contribution in [0.25, 0.3) is 0 Å². The Hall–Kier alpha value is -0.420. The number of aliphatic hydroxyl groups excluding tert-OH is 1. The van der Waals surface area contributed by atoms with Crippen molar-refractivity contribution >= 4 is 11.3 Å². The van der Waals surface area contributed by atoms with E-state index in [0.29, 0.717) is 19.1 Å². The Balaban J connectivity index is 1.67. The van der Waals surface area contributed by atoms with Crippen LogP contribution in [0.15, 0.2) is 12.1 Å². The molecule has 16 heavy (non-hydrogen) atoms. The first-order valence-electron chi connectivity index (χ1n) is 5.77. The van der Waals surface area contributed by atoms with Crippen molar-refractivity contribution in [1.29, 1.82) is 0 Å². The molecular weight excluding hydrogens is 222 g/mol. The van der Waals surface area contributed by atoms with Crippen LogP contribution in [0.5, 0.6) is 0 Å². The standard InChI is InChI=1S/C12H19NO2S/c1-9-2-3-11(16-9)6-13-7-12(14)10-4-5-15-8-10/h2-3,10,12-14H,4-8H2,1H3. The van der Waals surface area contributed by atoms with Crippen molar-refractivity contribution in [2.75, 3.05) is 19.8 Å². The van der Waals surface area contributed by atoms with Crippen molar-refractivity contribution in [3.63, 3.8) is 0 Å². The van der Waals surface area contributed by atoms with Crippen molar-refractivity contribution < 1.29 is 9.84 Å². The second kappa shape index (κ2) is 5.77. The van der Waals surface area contributed by atoms with Gasteiger partial charge in [0.15, 0.2) is 0 Å². The van der Waals surface area contributed by atoms with E-state index < -0.39 is 0 Å². The molecule has 1 fully saturated rings. The maximum atomic E-state index is 9.89. The molecule has 90 valence electrons. The summed E-state index contributed by atoms with van der Waals surface area (Å²) in [5.74, 6) is 0.317. The normalized spacial score (nSPS) is 22.5. The third kappa shape index (κ3) is 3.28. The minimum Gasteiger partial charge on any atom is -0.391 e. The fraction of sp³-hybridized carbons (Fsp3) is 0.667. The molecule has 4 heteroatoms. The first-order valence-corrected chi connectivity index (χ1v) is 6.59. The van der Waals surface area contributed by atoms with Crippen molar-refractivity contribution in [3.8, 4) is 0 Å². The molecule has 1 aliphatic heterocycles. The van der Waals surface area contributed by atoms with E-state index in [1.54, 1.807) is 11.3 Å². The lowest BCUT2D eigenvalue weighted by atomic mass is 10.0. The molecule has 0 radical (unpaired) electrons. The van der Waals surface area contributed by atoms with Crippen LogP contribution in [0.2, 0.25) is 0 Å². The molecule has 0 spiro atoms. The summed E-state index contributed by atoms with van der Waals surface area (Å²) < 4.78 is 5.26. The lowest BCUT2D eigenvalue weighted by Crippen LogP contribution is -2.32. The summed E-state index contributed by atoms with van der Waals surface area (Å²) in [6.07, 6.45) is 0.713. The Bertz CT molecular complexity index is 321. The number of hydrogen-bond donors (Lipinski definition) is 2. The van der Waals surface area contributed by atoms with E-state index in [4.69, 9.17) is 4.74 Å². The van der Waals surface area contributed by atoms with E-state index in [1.165, 1.54) is 9.75 Å². The second-order valence-electron chi connectivity index (χ2n) is 4.33. The van der Waals surface area contributed by atoms with Gasteiger partial charge in [0.05, 0.1) is 12.7 Å². The number of ether oxygens (including phenoxy) is 1. The molecule has 3 nitrogen and oxygen atoms in total. The number of aryl methyl sites for hydroxylation is 1. The Morgan fingerprint density at radius 1 is 1.62 bits per heavy atom. The third-order valence-electron chi connectivity index (χ3n) is 2.96. The molecule has 2 N–H and O–H groups in total.